The van der Waals surface area contributed by atoms with Crippen LogP contribution in [-0.4, -0.2) is 43.8 Å². The first kappa shape index (κ1) is 21.0. The summed E-state index contributed by atoms with van der Waals surface area (Å²) in [6.45, 7) is 11.2. The molecule has 11 heteroatoms. The number of nitrogens with one attached hydrogen (secondary N) is 1. The van der Waals surface area contributed by atoms with Gasteiger partial charge in [0.05, 0.1) is 29.0 Å². The van der Waals surface area contributed by atoms with E-state index in [-0.39, 0.29) is 15.8 Å². The van der Waals surface area contributed by atoms with E-state index in [2.05, 4.69) is 14.7 Å². The molecule has 2 aromatic heterocycles. The van der Waals surface area contributed by atoms with Crippen LogP contribution in [0.25, 0.3) is 0 Å². The first-order valence-electron chi connectivity index (χ1n) is 8.73. The molecule has 2 aromatic rings. The number of hydrogen-bond donors (Lipinski definition) is 1. The molecule has 152 valence electrons. The van der Waals surface area contributed by atoms with E-state index in [0.29, 0.717) is 16.2 Å². The van der Waals surface area contributed by atoms with E-state index in [9.17, 15) is 8.42 Å². The van der Waals surface area contributed by atoms with Gasteiger partial charge < -0.3 is 14.0 Å². The molecule has 0 saturated carbocycles. The van der Waals surface area contributed by atoms with Gasteiger partial charge in [-0.25, -0.2) is 18.4 Å². The van der Waals surface area contributed by atoms with Gasteiger partial charge in [0.2, 0.25) is 5.88 Å². The van der Waals surface area contributed by atoms with Crippen LogP contribution in [-0.2, 0) is 19.3 Å². The average Bonchev–Trinajstić information content (AvgIpc) is 3.02. The van der Waals surface area contributed by atoms with E-state index in [1.165, 1.54) is 7.11 Å². The monoisotopic (exact) mass is 425 g/mol. The van der Waals surface area contributed by atoms with Gasteiger partial charge in [0.1, 0.15) is 5.69 Å². The molecule has 0 unspecified atom stereocenters. The van der Waals surface area contributed by atoms with Crippen molar-refractivity contribution >= 4 is 39.6 Å². The number of aromatic nitrogens is 2. The Labute approximate surface area is 169 Å². The molecule has 0 aliphatic carbocycles. The molecule has 0 atom stereocenters. The number of anilines is 1. The van der Waals surface area contributed by atoms with Gasteiger partial charge in [0.15, 0.2) is 4.21 Å². The van der Waals surface area contributed by atoms with Crippen molar-refractivity contribution in [3.63, 3.8) is 0 Å². The zero-order valence-electron chi connectivity index (χ0n) is 17.0. The summed E-state index contributed by atoms with van der Waals surface area (Å²) in [4.78, 5) is 8.41. The van der Waals surface area contributed by atoms with Crippen molar-refractivity contribution in [3.8, 4) is 5.88 Å². The van der Waals surface area contributed by atoms with Crippen molar-refractivity contribution in [1.82, 2.24) is 9.97 Å². The van der Waals surface area contributed by atoms with Gasteiger partial charge in [0, 0.05) is 11.7 Å². The van der Waals surface area contributed by atoms with Crippen molar-refractivity contribution in [1.29, 1.82) is 0 Å². The lowest BCUT2D eigenvalue weighted by atomic mass is 9.80. The first-order chi connectivity index (χ1) is 12.9. The van der Waals surface area contributed by atoms with Crippen molar-refractivity contribution in [2.24, 2.45) is 0 Å². The van der Waals surface area contributed by atoms with Gasteiger partial charge in [-0.05, 0) is 47.6 Å². The molecule has 0 radical (unpaired) electrons. The van der Waals surface area contributed by atoms with Gasteiger partial charge in [-0.15, -0.1) is 11.3 Å². The Hall–Kier alpha value is -1.69. The predicted octanol–water partition coefficient (Wildman–Crippen LogP) is 2.26. The maximum Gasteiger partial charge on any atom is 0.496 e. The highest BCUT2D eigenvalue weighted by molar-refractivity contribution is 7.94. The van der Waals surface area contributed by atoms with Gasteiger partial charge in [0.25, 0.3) is 10.0 Å². The van der Waals surface area contributed by atoms with E-state index in [0.717, 1.165) is 11.3 Å². The molecule has 1 aliphatic rings. The van der Waals surface area contributed by atoms with Crippen LogP contribution >= 0.6 is 11.3 Å². The van der Waals surface area contributed by atoms with Crippen LogP contribution in [0.4, 0.5) is 5.69 Å². The van der Waals surface area contributed by atoms with Gasteiger partial charge in [-0.2, -0.15) is 0 Å². The number of nitrogens with zero attached hydrogens (tertiary/aromatic N) is 2. The van der Waals surface area contributed by atoms with Crippen molar-refractivity contribution in [2.75, 3.05) is 11.8 Å². The Morgan fingerprint density at radius 2 is 1.79 bits per heavy atom. The quantitative estimate of drug-likeness (QED) is 0.734. The number of hydrogen-bond acceptors (Lipinski definition) is 8. The molecular formula is C17H24BN3O5S2. The minimum Gasteiger partial charge on any atom is -0.480 e. The Kier molecular flexibility index (Phi) is 5.24. The smallest absolute Gasteiger partial charge is 0.480 e. The number of ether oxygens (including phenoxy) is 1. The number of pyridine rings is 1. The molecule has 8 nitrogen and oxygen atoms in total. The zero-order valence-corrected chi connectivity index (χ0v) is 18.6. The summed E-state index contributed by atoms with van der Waals surface area (Å²) in [5.41, 5.74) is 0.210. The molecule has 28 heavy (non-hydrogen) atoms. The number of rotatable bonds is 5. The standard InChI is InChI=1S/C17H24BN3O5S2/c1-10-15(27-11(2)20-10)28(22,23)21-13-8-12(9-19-14(13)24-7)18-25-16(3,4)17(5,6)26-18/h8-9,21H,1-7H3. The fourth-order valence-corrected chi connectivity index (χ4v) is 5.30. The van der Waals surface area contributed by atoms with Crippen LogP contribution in [0.1, 0.15) is 38.4 Å². The number of methoxy groups -OCH3 is 1. The van der Waals surface area contributed by atoms with Gasteiger partial charge in [-0.3, -0.25) is 4.72 Å². The van der Waals surface area contributed by atoms with Crippen LogP contribution in [0.15, 0.2) is 16.5 Å². The summed E-state index contributed by atoms with van der Waals surface area (Å²) in [6, 6.07) is 1.62. The maximum absolute atomic E-state index is 12.9. The van der Waals surface area contributed by atoms with E-state index < -0.39 is 28.3 Å². The summed E-state index contributed by atoms with van der Waals surface area (Å²) >= 11 is 1.11. The number of aryl methyl sites for hydroxylation is 2. The zero-order chi connectivity index (χ0) is 20.9. The third-order valence-electron chi connectivity index (χ3n) is 4.94. The van der Waals surface area contributed by atoms with Crippen LogP contribution in [0.3, 0.4) is 0 Å². The second kappa shape index (κ2) is 6.98. The third kappa shape index (κ3) is 3.76. The fourth-order valence-electron chi connectivity index (χ4n) is 2.77. The molecule has 0 bridgehead atoms. The molecule has 1 fully saturated rings. The van der Waals surface area contributed by atoms with E-state index >= 15 is 0 Å². The summed E-state index contributed by atoms with van der Waals surface area (Å²) in [5, 5.41) is 0.675. The molecule has 1 N–H and O–H groups in total. The van der Waals surface area contributed by atoms with Crippen LogP contribution in [0.2, 0.25) is 0 Å². The van der Waals surface area contributed by atoms with Crippen LogP contribution in [0.5, 0.6) is 5.88 Å². The van der Waals surface area contributed by atoms with Crippen LogP contribution < -0.4 is 14.9 Å². The highest BCUT2D eigenvalue weighted by atomic mass is 32.2. The van der Waals surface area contributed by atoms with E-state index in [4.69, 9.17) is 14.0 Å². The van der Waals surface area contributed by atoms with Gasteiger partial charge >= 0.3 is 7.12 Å². The number of thiazole rings is 1. The Morgan fingerprint density at radius 1 is 1.18 bits per heavy atom. The Bertz CT molecular complexity index is 988. The lowest BCUT2D eigenvalue weighted by Crippen LogP contribution is -2.41. The van der Waals surface area contributed by atoms with Crippen molar-refractivity contribution < 1.29 is 22.5 Å². The molecule has 0 amide bonds. The molecule has 3 rings (SSSR count). The van der Waals surface area contributed by atoms with E-state index in [1.807, 2.05) is 27.7 Å². The highest BCUT2D eigenvalue weighted by Crippen LogP contribution is 2.37. The average molecular weight is 425 g/mol. The van der Waals surface area contributed by atoms with Crippen LogP contribution in [0, 0.1) is 13.8 Å². The predicted molar refractivity (Wildman–Crippen MR) is 109 cm³/mol. The third-order valence-corrected chi connectivity index (χ3v) is 7.99. The largest absolute Gasteiger partial charge is 0.496 e. The molecule has 3 heterocycles. The summed E-state index contributed by atoms with van der Waals surface area (Å²) < 4.78 is 45.7. The highest BCUT2D eigenvalue weighted by Gasteiger charge is 2.52. The lowest BCUT2D eigenvalue weighted by molar-refractivity contribution is 0.00578. The first-order valence-corrected chi connectivity index (χ1v) is 11.0. The molecule has 0 spiro atoms. The normalized spacial score (nSPS) is 18.3. The van der Waals surface area contributed by atoms with Crippen molar-refractivity contribution in [3.05, 3.63) is 23.0 Å². The second-order valence-electron chi connectivity index (χ2n) is 7.62. The minimum absolute atomic E-state index is 0.155. The summed E-state index contributed by atoms with van der Waals surface area (Å²) in [5.74, 6) is 0.155. The number of sulfonamides is 1. The summed E-state index contributed by atoms with van der Waals surface area (Å²) in [6.07, 6.45) is 1.56. The Morgan fingerprint density at radius 3 is 2.29 bits per heavy atom. The molecular weight excluding hydrogens is 401 g/mol. The van der Waals surface area contributed by atoms with Gasteiger partial charge in [-0.1, -0.05) is 0 Å². The molecule has 1 aliphatic heterocycles. The SMILES string of the molecule is COc1ncc(B2OC(C)(C)C(C)(C)O2)cc1NS(=O)(=O)c1sc(C)nc1C. The maximum atomic E-state index is 12.9. The Balaban J connectivity index is 1.96. The second-order valence-corrected chi connectivity index (χ2v) is 10.7. The molecule has 1 saturated heterocycles. The summed E-state index contributed by atoms with van der Waals surface area (Å²) in [7, 11) is -3.08. The van der Waals surface area contributed by atoms with Crippen molar-refractivity contribution in [2.45, 2.75) is 57.0 Å². The van der Waals surface area contributed by atoms with E-state index in [1.54, 1.807) is 26.1 Å². The minimum atomic E-state index is -3.84. The fraction of sp³-hybridized carbons (Fsp3) is 0.529. The molecule has 0 aromatic carbocycles. The topological polar surface area (TPSA) is 99.6 Å². The lowest BCUT2D eigenvalue weighted by Gasteiger charge is -2.32.